The van der Waals surface area contributed by atoms with E-state index in [1.807, 2.05) is 61.2 Å². The molecule has 0 spiro atoms. The number of hydrogen-bond acceptors (Lipinski definition) is 6. The summed E-state index contributed by atoms with van der Waals surface area (Å²) < 4.78 is 0. The van der Waals surface area contributed by atoms with Crippen LogP contribution in [-0.2, 0) is 41.8 Å². The summed E-state index contributed by atoms with van der Waals surface area (Å²) >= 11 is 1.46. The minimum Gasteiger partial charge on any atom is -0.481 e. The summed E-state index contributed by atoms with van der Waals surface area (Å²) in [6.07, 6.45) is 7.65. The van der Waals surface area contributed by atoms with Gasteiger partial charge in [-0.1, -0.05) is 64.1 Å². The minimum atomic E-state index is -0.940. The molecule has 0 unspecified atom stereocenters. The summed E-state index contributed by atoms with van der Waals surface area (Å²) in [5.74, 6) is -2.60. The van der Waals surface area contributed by atoms with Crippen LogP contribution in [0.5, 0.6) is 0 Å². The van der Waals surface area contributed by atoms with Gasteiger partial charge in [0, 0.05) is 35.1 Å². The third-order valence-electron chi connectivity index (χ3n) is 10.5. The Morgan fingerprint density at radius 3 is 2.04 bits per heavy atom. The Morgan fingerprint density at radius 1 is 0.768 bits per heavy atom. The SMILES string of the molecule is CCC(CC)N(Cc1cccc(C(=O)Nc2sc3c(c2C(=O)Nc2ccc(CCCc4ccc(C(=O)O)cc4)cc2)CCCC3)c1)C(=O)CC(C)(C)CC(=O)O. The predicted octanol–water partition coefficient (Wildman–Crippen LogP) is 9.41. The highest BCUT2D eigenvalue weighted by molar-refractivity contribution is 7.17. The van der Waals surface area contributed by atoms with E-state index >= 15 is 0 Å². The van der Waals surface area contributed by atoms with Crippen LogP contribution in [0.15, 0.2) is 72.8 Å². The first-order valence-corrected chi connectivity index (χ1v) is 20.4. The number of aryl methyl sites for hydroxylation is 3. The smallest absolute Gasteiger partial charge is 0.335 e. The van der Waals surface area contributed by atoms with Crippen LogP contribution in [0, 0.1) is 5.41 Å². The van der Waals surface area contributed by atoms with Crippen molar-refractivity contribution >= 4 is 51.7 Å². The summed E-state index contributed by atoms with van der Waals surface area (Å²) in [6.45, 7) is 7.93. The average molecular weight is 780 g/mol. The number of carbonyl (C=O) groups is 5. The van der Waals surface area contributed by atoms with E-state index in [0.29, 0.717) is 21.8 Å². The molecule has 0 saturated carbocycles. The molecule has 4 aromatic rings. The minimum absolute atomic E-state index is 0.0350. The third-order valence-corrected chi connectivity index (χ3v) is 11.7. The fraction of sp³-hybridized carbons (Fsp3) is 0.400. The topological polar surface area (TPSA) is 153 Å². The number of anilines is 2. The lowest BCUT2D eigenvalue weighted by molar-refractivity contribution is -0.141. The lowest BCUT2D eigenvalue weighted by Crippen LogP contribution is -2.41. The Balaban J connectivity index is 1.26. The molecule has 1 heterocycles. The summed E-state index contributed by atoms with van der Waals surface area (Å²) in [7, 11) is 0. The van der Waals surface area contributed by atoms with E-state index in [1.165, 1.54) is 11.3 Å². The molecule has 3 aromatic carbocycles. The van der Waals surface area contributed by atoms with Gasteiger partial charge in [0.1, 0.15) is 5.00 Å². The van der Waals surface area contributed by atoms with Gasteiger partial charge in [-0.25, -0.2) is 4.79 Å². The molecule has 11 heteroatoms. The van der Waals surface area contributed by atoms with Crippen LogP contribution in [0.2, 0.25) is 0 Å². The summed E-state index contributed by atoms with van der Waals surface area (Å²) in [6, 6.07) is 21.9. The number of aromatic carboxylic acids is 1. The molecule has 0 bridgehead atoms. The van der Waals surface area contributed by atoms with Crippen molar-refractivity contribution in [3.63, 3.8) is 0 Å². The van der Waals surface area contributed by atoms with Crippen LogP contribution in [0.3, 0.4) is 0 Å². The van der Waals surface area contributed by atoms with E-state index in [1.54, 1.807) is 44.2 Å². The number of carboxylic acids is 2. The molecular weight excluding hydrogens is 727 g/mol. The van der Waals surface area contributed by atoms with Gasteiger partial charge in [-0.05, 0) is 122 Å². The van der Waals surface area contributed by atoms with Crippen molar-refractivity contribution in [1.82, 2.24) is 4.90 Å². The molecule has 10 nitrogen and oxygen atoms in total. The maximum absolute atomic E-state index is 13.9. The second-order valence-electron chi connectivity index (χ2n) is 15.5. The second kappa shape index (κ2) is 19.0. The van der Waals surface area contributed by atoms with Gasteiger partial charge in [-0.15, -0.1) is 11.3 Å². The highest BCUT2D eigenvalue weighted by Gasteiger charge is 2.31. The van der Waals surface area contributed by atoms with E-state index in [-0.39, 0.29) is 48.7 Å². The zero-order chi connectivity index (χ0) is 40.4. The Bertz CT molecular complexity index is 2030. The standard InChI is InChI=1S/C45H53N3O7S/c1-5-35(6-2)48(38(49)26-45(3,4)27-39(50)51)28-31-13-10-14-33(25-31)41(52)47-43-40(36-15-7-8-16-37(36)56-43)42(53)46-34-23-19-30(20-24-34)12-9-11-29-17-21-32(22-18-29)44(54)55/h10,13-14,17-25,35H,5-9,11-12,15-16,26-28H2,1-4H3,(H,46,53)(H,47,52)(H,50,51)(H,54,55). The van der Waals surface area contributed by atoms with Crippen LogP contribution in [-0.4, -0.2) is 50.8 Å². The Labute approximate surface area is 333 Å². The Hall–Kier alpha value is -5.29. The maximum Gasteiger partial charge on any atom is 0.335 e. The number of benzene rings is 3. The normalized spacial score (nSPS) is 12.5. The van der Waals surface area contributed by atoms with E-state index in [9.17, 15) is 29.1 Å². The molecule has 4 N–H and O–H groups in total. The lowest BCUT2D eigenvalue weighted by atomic mass is 9.85. The molecule has 5 rings (SSSR count). The highest BCUT2D eigenvalue weighted by atomic mass is 32.1. The van der Waals surface area contributed by atoms with Gasteiger partial charge in [0.15, 0.2) is 0 Å². The van der Waals surface area contributed by atoms with Crippen LogP contribution in [0.1, 0.15) is 131 Å². The number of rotatable bonds is 18. The van der Waals surface area contributed by atoms with Crippen LogP contribution in [0.25, 0.3) is 0 Å². The monoisotopic (exact) mass is 779 g/mol. The van der Waals surface area contributed by atoms with Gasteiger partial charge in [0.2, 0.25) is 5.91 Å². The van der Waals surface area contributed by atoms with Gasteiger partial charge in [-0.2, -0.15) is 0 Å². The molecule has 296 valence electrons. The van der Waals surface area contributed by atoms with Crippen molar-refractivity contribution in [2.24, 2.45) is 5.41 Å². The van der Waals surface area contributed by atoms with Crippen molar-refractivity contribution in [2.75, 3.05) is 10.6 Å². The number of carboxylic acid groups (broad SMARTS) is 2. The lowest BCUT2D eigenvalue weighted by Gasteiger charge is -2.34. The number of aliphatic carboxylic acids is 1. The van der Waals surface area contributed by atoms with Crippen molar-refractivity contribution in [3.05, 3.63) is 117 Å². The Kier molecular flexibility index (Phi) is 14.2. The Morgan fingerprint density at radius 2 is 1.41 bits per heavy atom. The zero-order valence-corrected chi connectivity index (χ0v) is 33.6. The van der Waals surface area contributed by atoms with E-state index < -0.39 is 17.4 Å². The summed E-state index contributed by atoms with van der Waals surface area (Å²) in [5, 5.41) is 25.1. The number of carbonyl (C=O) groups excluding carboxylic acids is 3. The van der Waals surface area contributed by atoms with E-state index in [2.05, 4.69) is 10.6 Å². The van der Waals surface area contributed by atoms with Crippen LogP contribution in [0.4, 0.5) is 10.7 Å². The predicted molar refractivity (Wildman–Crippen MR) is 221 cm³/mol. The number of hydrogen-bond donors (Lipinski definition) is 4. The fourth-order valence-electron chi connectivity index (χ4n) is 7.47. The van der Waals surface area contributed by atoms with E-state index in [4.69, 9.17) is 5.11 Å². The first kappa shape index (κ1) is 41.9. The molecule has 0 radical (unpaired) electrons. The summed E-state index contributed by atoms with van der Waals surface area (Å²) in [5.41, 5.74) is 5.13. The molecule has 56 heavy (non-hydrogen) atoms. The zero-order valence-electron chi connectivity index (χ0n) is 32.8. The van der Waals surface area contributed by atoms with Gasteiger partial charge < -0.3 is 25.7 Å². The van der Waals surface area contributed by atoms with Crippen LogP contribution < -0.4 is 10.6 Å². The van der Waals surface area contributed by atoms with Crippen molar-refractivity contribution < 1.29 is 34.2 Å². The number of fused-ring (bicyclic) bond motifs is 1. The first-order chi connectivity index (χ1) is 26.8. The van der Waals surface area contributed by atoms with Crippen molar-refractivity contribution in [3.8, 4) is 0 Å². The molecule has 3 amide bonds. The molecule has 1 aliphatic carbocycles. The summed E-state index contributed by atoms with van der Waals surface area (Å²) in [4.78, 5) is 66.9. The highest BCUT2D eigenvalue weighted by Crippen LogP contribution is 2.39. The van der Waals surface area contributed by atoms with E-state index in [0.717, 1.165) is 84.9 Å². The molecule has 1 aliphatic rings. The maximum atomic E-state index is 13.9. The largest absolute Gasteiger partial charge is 0.481 e. The van der Waals surface area contributed by atoms with Crippen LogP contribution >= 0.6 is 11.3 Å². The van der Waals surface area contributed by atoms with Gasteiger partial charge in [0.25, 0.3) is 11.8 Å². The molecule has 1 aromatic heterocycles. The second-order valence-corrected chi connectivity index (χ2v) is 16.6. The van der Waals surface area contributed by atoms with Gasteiger partial charge in [-0.3, -0.25) is 19.2 Å². The number of amides is 3. The average Bonchev–Trinajstić information content (AvgIpc) is 3.53. The fourth-order valence-corrected chi connectivity index (χ4v) is 8.75. The molecular formula is C45H53N3O7S. The third kappa shape index (κ3) is 11.2. The number of nitrogens with one attached hydrogen (secondary N) is 2. The first-order valence-electron chi connectivity index (χ1n) is 19.6. The molecule has 0 aliphatic heterocycles. The van der Waals surface area contributed by atoms with Crippen molar-refractivity contribution in [1.29, 1.82) is 0 Å². The quantitative estimate of drug-likeness (QED) is 0.0785. The molecule has 0 atom stereocenters. The van der Waals surface area contributed by atoms with Crippen molar-refractivity contribution in [2.45, 2.75) is 111 Å². The number of nitrogens with zero attached hydrogens (tertiary/aromatic N) is 1. The molecule has 0 fully saturated rings. The van der Waals surface area contributed by atoms with Gasteiger partial charge >= 0.3 is 11.9 Å². The number of thiophene rings is 1. The molecule has 0 saturated heterocycles. The van der Waals surface area contributed by atoms with Gasteiger partial charge in [0.05, 0.1) is 17.5 Å².